The molecule has 106 valence electrons. The average Bonchev–Trinajstić information content (AvgIpc) is 2.83. The van der Waals surface area contributed by atoms with Gasteiger partial charge in [-0.05, 0) is 45.7 Å². The molecule has 1 aliphatic rings. The van der Waals surface area contributed by atoms with Crippen LogP contribution in [0.4, 0.5) is 0 Å². The van der Waals surface area contributed by atoms with Gasteiger partial charge in [-0.1, -0.05) is 81.5 Å². The zero-order valence-corrected chi connectivity index (χ0v) is 12.9. The van der Waals surface area contributed by atoms with Crippen LogP contribution in [0.2, 0.25) is 0 Å². The summed E-state index contributed by atoms with van der Waals surface area (Å²) in [5.74, 6) is 0.713. The van der Waals surface area contributed by atoms with E-state index in [1.807, 2.05) is 6.08 Å². The highest BCUT2D eigenvalue weighted by Gasteiger charge is 2.25. The van der Waals surface area contributed by atoms with Gasteiger partial charge in [0.2, 0.25) is 0 Å². The first-order chi connectivity index (χ1) is 10.3. The Morgan fingerprint density at radius 1 is 1.00 bits per heavy atom. The summed E-state index contributed by atoms with van der Waals surface area (Å²) in [5, 5.41) is 0. The fourth-order valence-electron chi connectivity index (χ4n) is 3.21. The topological polar surface area (TPSA) is 0 Å². The average molecular weight is 274 g/mol. The van der Waals surface area contributed by atoms with Crippen LogP contribution < -0.4 is 0 Å². The van der Waals surface area contributed by atoms with Gasteiger partial charge in [-0.3, -0.25) is 0 Å². The van der Waals surface area contributed by atoms with E-state index >= 15 is 0 Å². The molecule has 0 nitrogen and oxygen atoms in total. The molecule has 0 spiro atoms. The lowest BCUT2D eigenvalue weighted by Gasteiger charge is -2.14. The highest BCUT2D eigenvalue weighted by Crippen LogP contribution is 2.46. The molecular formula is C21H22. The third-order valence-corrected chi connectivity index (χ3v) is 4.48. The fraction of sp³-hybridized carbons (Fsp3) is 0.238. The Kier molecular flexibility index (Phi) is 3.79. The van der Waals surface area contributed by atoms with E-state index in [1.54, 1.807) is 0 Å². The van der Waals surface area contributed by atoms with Crippen LogP contribution in [0.3, 0.4) is 0 Å². The first kappa shape index (κ1) is 13.9. The Hall–Kier alpha value is -2.08. The van der Waals surface area contributed by atoms with Crippen molar-refractivity contribution in [2.75, 3.05) is 0 Å². The lowest BCUT2D eigenvalue weighted by molar-refractivity contribution is 0.560. The molecule has 1 atom stereocenters. The van der Waals surface area contributed by atoms with Crippen LogP contribution in [0.5, 0.6) is 0 Å². The molecule has 0 saturated carbocycles. The Balaban J connectivity index is 2.21. The summed E-state index contributed by atoms with van der Waals surface area (Å²) in [7, 11) is 0. The molecule has 0 bridgehead atoms. The molecule has 2 aromatic rings. The molecule has 0 N–H and O–H groups in total. The van der Waals surface area contributed by atoms with Crippen LogP contribution in [-0.2, 0) is 6.42 Å². The molecule has 0 heterocycles. The molecule has 0 amide bonds. The van der Waals surface area contributed by atoms with Gasteiger partial charge in [0.15, 0.2) is 0 Å². The van der Waals surface area contributed by atoms with Crippen LogP contribution in [0.15, 0.2) is 61.2 Å². The van der Waals surface area contributed by atoms with Gasteiger partial charge in [-0.25, -0.2) is 0 Å². The van der Waals surface area contributed by atoms with Gasteiger partial charge in [0, 0.05) is 0 Å². The molecule has 0 aromatic heterocycles. The third kappa shape index (κ3) is 2.35. The van der Waals surface area contributed by atoms with E-state index in [2.05, 4.69) is 69.0 Å². The predicted molar refractivity (Wildman–Crippen MR) is 92.3 cm³/mol. The molecule has 1 aliphatic carbocycles. The summed E-state index contributed by atoms with van der Waals surface area (Å²) in [6, 6.07) is 15.4. The molecule has 0 fully saturated rings. The molecular weight excluding hydrogens is 252 g/mol. The van der Waals surface area contributed by atoms with Crippen LogP contribution in [-0.4, -0.2) is 0 Å². The summed E-state index contributed by atoms with van der Waals surface area (Å²) in [5.41, 5.74) is 8.27. The number of fused-ring (bicyclic) bond motifs is 3. The van der Waals surface area contributed by atoms with Crippen molar-refractivity contribution < 1.29 is 0 Å². The second-order valence-corrected chi connectivity index (χ2v) is 5.92. The summed E-state index contributed by atoms with van der Waals surface area (Å²) in [4.78, 5) is 0. The maximum absolute atomic E-state index is 3.90. The molecule has 3 rings (SSSR count). The second kappa shape index (κ2) is 5.73. The Morgan fingerprint density at radius 2 is 1.71 bits per heavy atom. The summed E-state index contributed by atoms with van der Waals surface area (Å²) >= 11 is 0. The van der Waals surface area contributed by atoms with Crippen molar-refractivity contribution in [3.63, 3.8) is 0 Å². The second-order valence-electron chi connectivity index (χ2n) is 5.92. The van der Waals surface area contributed by atoms with E-state index in [0.29, 0.717) is 5.92 Å². The van der Waals surface area contributed by atoms with Gasteiger partial charge < -0.3 is 0 Å². The molecule has 0 saturated heterocycles. The summed E-state index contributed by atoms with van der Waals surface area (Å²) < 4.78 is 0. The van der Waals surface area contributed by atoms with Crippen molar-refractivity contribution in [2.24, 2.45) is 5.92 Å². The highest BCUT2D eigenvalue weighted by molar-refractivity contribution is 6.02. The SMILES string of the molecule is C=C/C=C1/c2ccccc2-c2cccc(CC(C)CC)c21. The number of allylic oxidation sites excluding steroid dienone is 2. The first-order valence-corrected chi connectivity index (χ1v) is 7.81. The molecule has 1 unspecified atom stereocenters. The maximum atomic E-state index is 3.90. The largest absolute Gasteiger partial charge is 0.0990 e. The minimum atomic E-state index is 0.713. The lowest BCUT2D eigenvalue weighted by Crippen LogP contribution is -2.01. The van der Waals surface area contributed by atoms with Gasteiger partial charge >= 0.3 is 0 Å². The minimum absolute atomic E-state index is 0.713. The summed E-state index contributed by atoms with van der Waals surface area (Å²) in [6.45, 7) is 8.50. The smallest absolute Gasteiger partial charge is 0.00668 e. The molecule has 0 radical (unpaired) electrons. The predicted octanol–water partition coefficient (Wildman–Crippen LogP) is 5.87. The molecule has 2 aromatic carbocycles. The quantitative estimate of drug-likeness (QED) is 0.558. The Labute approximate surface area is 127 Å². The van der Waals surface area contributed by atoms with Crippen LogP contribution >= 0.6 is 0 Å². The van der Waals surface area contributed by atoms with E-state index in [0.717, 1.165) is 6.42 Å². The zero-order chi connectivity index (χ0) is 14.8. The van der Waals surface area contributed by atoms with E-state index < -0.39 is 0 Å². The maximum Gasteiger partial charge on any atom is -0.00668 e. The normalized spacial score (nSPS) is 15.6. The monoisotopic (exact) mass is 274 g/mol. The van der Waals surface area contributed by atoms with Crippen molar-refractivity contribution in [1.29, 1.82) is 0 Å². The van der Waals surface area contributed by atoms with E-state index in [4.69, 9.17) is 0 Å². The van der Waals surface area contributed by atoms with Crippen molar-refractivity contribution in [2.45, 2.75) is 26.7 Å². The van der Waals surface area contributed by atoms with E-state index in [1.165, 1.54) is 39.8 Å². The van der Waals surface area contributed by atoms with E-state index in [-0.39, 0.29) is 0 Å². The molecule has 0 heteroatoms. The van der Waals surface area contributed by atoms with Crippen molar-refractivity contribution >= 4 is 5.57 Å². The van der Waals surface area contributed by atoms with Gasteiger partial charge in [0.05, 0.1) is 0 Å². The van der Waals surface area contributed by atoms with E-state index in [9.17, 15) is 0 Å². The first-order valence-electron chi connectivity index (χ1n) is 7.81. The van der Waals surface area contributed by atoms with Crippen LogP contribution in [0, 0.1) is 5.92 Å². The zero-order valence-electron chi connectivity index (χ0n) is 12.9. The summed E-state index contributed by atoms with van der Waals surface area (Å²) in [6.07, 6.45) is 6.42. The van der Waals surface area contributed by atoms with Crippen molar-refractivity contribution in [3.8, 4) is 11.1 Å². The van der Waals surface area contributed by atoms with Crippen molar-refractivity contribution in [3.05, 3.63) is 77.9 Å². The van der Waals surface area contributed by atoms with Gasteiger partial charge in [-0.2, -0.15) is 0 Å². The Bertz CT molecular complexity index is 704. The number of hydrogen-bond donors (Lipinski definition) is 0. The number of hydrogen-bond acceptors (Lipinski definition) is 0. The fourth-order valence-corrected chi connectivity index (χ4v) is 3.21. The van der Waals surface area contributed by atoms with Gasteiger partial charge in [-0.15, -0.1) is 0 Å². The van der Waals surface area contributed by atoms with Gasteiger partial charge in [0.25, 0.3) is 0 Å². The molecule has 0 aliphatic heterocycles. The number of rotatable bonds is 4. The van der Waals surface area contributed by atoms with Crippen LogP contribution in [0.25, 0.3) is 16.7 Å². The minimum Gasteiger partial charge on any atom is -0.0990 e. The Morgan fingerprint density at radius 3 is 2.43 bits per heavy atom. The molecule has 21 heavy (non-hydrogen) atoms. The van der Waals surface area contributed by atoms with Crippen LogP contribution in [0.1, 0.15) is 37.0 Å². The third-order valence-electron chi connectivity index (χ3n) is 4.48. The standard InChI is InChI=1S/C21H22/c1-4-9-19-17-11-6-7-12-18(17)20-13-8-10-16(21(19)20)14-15(3)5-2/h4,6-13,15H,1,5,14H2,2-3H3/b19-9-. The number of benzene rings is 2. The van der Waals surface area contributed by atoms with Crippen molar-refractivity contribution in [1.82, 2.24) is 0 Å². The lowest BCUT2D eigenvalue weighted by atomic mass is 9.91. The van der Waals surface area contributed by atoms with Gasteiger partial charge in [0.1, 0.15) is 0 Å². The highest BCUT2D eigenvalue weighted by atomic mass is 14.3.